The molecule has 1 aliphatic heterocycles. The highest BCUT2D eigenvalue weighted by atomic mass is 16.5. The van der Waals surface area contributed by atoms with Gasteiger partial charge in [-0.05, 0) is 43.7 Å². The minimum absolute atomic E-state index is 0.0757. The second-order valence-corrected chi connectivity index (χ2v) is 7.77. The van der Waals surface area contributed by atoms with Gasteiger partial charge in [0, 0.05) is 36.2 Å². The molecule has 1 fully saturated rings. The monoisotopic (exact) mass is 388 g/mol. The van der Waals surface area contributed by atoms with Crippen molar-refractivity contribution in [2.75, 3.05) is 13.1 Å². The van der Waals surface area contributed by atoms with Crippen molar-refractivity contribution < 1.29 is 14.3 Å². The number of pyridine rings is 1. The van der Waals surface area contributed by atoms with Gasteiger partial charge in [-0.25, -0.2) is 0 Å². The summed E-state index contributed by atoms with van der Waals surface area (Å²) < 4.78 is 6.01. The normalized spacial score (nSPS) is 18.6. The van der Waals surface area contributed by atoms with Crippen molar-refractivity contribution in [2.45, 2.75) is 32.3 Å². The molecular formula is C24H24N2O3. The van der Waals surface area contributed by atoms with Crippen LogP contribution in [0.25, 0.3) is 10.9 Å². The third kappa shape index (κ3) is 3.60. The van der Waals surface area contributed by atoms with Crippen LogP contribution >= 0.6 is 0 Å². The Bertz CT molecular complexity index is 1060. The second-order valence-electron chi connectivity index (χ2n) is 7.77. The number of fused-ring (bicyclic) bond motifs is 1. The molecule has 5 nitrogen and oxygen atoms in total. The van der Waals surface area contributed by atoms with Crippen molar-refractivity contribution in [2.24, 2.45) is 0 Å². The summed E-state index contributed by atoms with van der Waals surface area (Å²) in [4.78, 5) is 29.3. The van der Waals surface area contributed by atoms with Crippen molar-refractivity contribution in [3.05, 3.63) is 71.4 Å². The fourth-order valence-electron chi connectivity index (χ4n) is 3.98. The molecule has 29 heavy (non-hydrogen) atoms. The first-order chi connectivity index (χ1) is 14.0. The van der Waals surface area contributed by atoms with Crippen LogP contribution in [0.4, 0.5) is 0 Å². The van der Waals surface area contributed by atoms with Gasteiger partial charge in [-0.2, -0.15) is 0 Å². The third-order valence-electron chi connectivity index (χ3n) is 5.60. The highest BCUT2D eigenvalue weighted by molar-refractivity contribution is 5.94. The smallest absolute Gasteiger partial charge is 0.234 e. The van der Waals surface area contributed by atoms with Crippen LogP contribution in [0.3, 0.4) is 0 Å². The zero-order chi connectivity index (χ0) is 20.4. The SMILES string of the molecule is Cc1cc(COc2ccc(C3(C)CN(CCC=O)C3=O)cc2)c2ccccc2n1. The fraction of sp³-hybridized carbons (Fsp3) is 0.292. The first-order valence-corrected chi connectivity index (χ1v) is 9.83. The van der Waals surface area contributed by atoms with E-state index in [2.05, 4.69) is 17.1 Å². The number of aldehydes is 1. The van der Waals surface area contributed by atoms with Crippen LogP contribution < -0.4 is 4.74 Å². The second kappa shape index (κ2) is 7.66. The van der Waals surface area contributed by atoms with E-state index in [9.17, 15) is 9.59 Å². The van der Waals surface area contributed by atoms with Gasteiger partial charge in [0.1, 0.15) is 18.6 Å². The number of β-lactam (4-membered cyclic amide) rings is 1. The van der Waals surface area contributed by atoms with E-state index in [4.69, 9.17) is 4.74 Å². The number of likely N-dealkylation sites (tertiary alicyclic amines) is 1. The largest absolute Gasteiger partial charge is 0.489 e. The zero-order valence-corrected chi connectivity index (χ0v) is 16.7. The zero-order valence-electron chi connectivity index (χ0n) is 16.7. The number of rotatable bonds is 7. The molecule has 3 aromatic rings. The van der Waals surface area contributed by atoms with E-state index in [0.717, 1.165) is 39.8 Å². The number of hydrogen-bond donors (Lipinski definition) is 0. The minimum Gasteiger partial charge on any atom is -0.489 e. The lowest BCUT2D eigenvalue weighted by Crippen LogP contribution is -2.62. The molecule has 2 heterocycles. The Labute approximate surface area is 170 Å². The number of aromatic nitrogens is 1. The van der Waals surface area contributed by atoms with Crippen molar-refractivity contribution in [3.8, 4) is 5.75 Å². The maximum atomic E-state index is 12.5. The molecule has 1 unspecified atom stereocenters. The first-order valence-electron chi connectivity index (χ1n) is 9.83. The van der Waals surface area contributed by atoms with Gasteiger partial charge in [-0.15, -0.1) is 0 Å². The Hall–Kier alpha value is -3.21. The average Bonchev–Trinajstić information content (AvgIpc) is 2.74. The summed E-state index contributed by atoms with van der Waals surface area (Å²) in [5, 5.41) is 1.10. The van der Waals surface area contributed by atoms with Crippen molar-refractivity contribution >= 4 is 23.1 Å². The van der Waals surface area contributed by atoms with E-state index >= 15 is 0 Å². The Balaban J connectivity index is 1.45. The Kier molecular flexibility index (Phi) is 5.05. The van der Waals surface area contributed by atoms with Crippen molar-refractivity contribution in [3.63, 3.8) is 0 Å². The van der Waals surface area contributed by atoms with Gasteiger partial charge in [0.15, 0.2) is 0 Å². The standard InChI is InChI=1S/C24H24N2O3/c1-17-14-18(21-6-3-4-7-22(21)25-17)15-29-20-10-8-19(9-11-20)24(2)16-26(23(24)28)12-5-13-27/h3-4,6-11,13-14H,5,12,15-16H2,1-2H3. The van der Waals surface area contributed by atoms with Crippen LogP contribution in [-0.4, -0.2) is 35.2 Å². The Morgan fingerprint density at radius 3 is 2.66 bits per heavy atom. The number of carbonyl (C=O) groups excluding carboxylic acids is 2. The van der Waals surface area contributed by atoms with Crippen molar-refractivity contribution in [1.82, 2.24) is 9.88 Å². The van der Waals surface area contributed by atoms with E-state index in [0.29, 0.717) is 26.1 Å². The molecule has 0 N–H and O–H groups in total. The third-order valence-corrected chi connectivity index (χ3v) is 5.60. The molecule has 0 bridgehead atoms. The number of nitrogens with zero attached hydrogens (tertiary/aromatic N) is 2. The molecule has 1 atom stereocenters. The lowest BCUT2D eigenvalue weighted by atomic mass is 9.74. The topological polar surface area (TPSA) is 59.5 Å². The van der Waals surface area contributed by atoms with Crippen LogP contribution in [0, 0.1) is 6.92 Å². The fourth-order valence-corrected chi connectivity index (χ4v) is 3.98. The van der Waals surface area contributed by atoms with E-state index in [1.807, 2.05) is 56.3 Å². The molecule has 0 aliphatic carbocycles. The van der Waals surface area contributed by atoms with Gasteiger partial charge in [0.2, 0.25) is 5.91 Å². The minimum atomic E-state index is -0.514. The number of benzene rings is 2. The van der Waals surface area contributed by atoms with Crippen LogP contribution in [0.1, 0.15) is 30.2 Å². The average molecular weight is 388 g/mol. The number of para-hydroxylation sites is 1. The molecule has 0 spiro atoms. The van der Waals surface area contributed by atoms with Crippen molar-refractivity contribution in [1.29, 1.82) is 0 Å². The lowest BCUT2D eigenvalue weighted by molar-refractivity contribution is -0.150. The van der Waals surface area contributed by atoms with E-state index in [1.54, 1.807) is 4.90 Å². The van der Waals surface area contributed by atoms with Gasteiger partial charge in [-0.3, -0.25) is 9.78 Å². The highest BCUT2D eigenvalue weighted by Crippen LogP contribution is 2.36. The molecule has 0 radical (unpaired) electrons. The van der Waals surface area contributed by atoms with Gasteiger partial charge < -0.3 is 14.4 Å². The molecule has 1 amide bonds. The maximum Gasteiger partial charge on any atom is 0.234 e. The summed E-state index contributed by atoms with van der Waals surface area (Å²) in [6.45, 7) is 5.54. The molecular weight excluding hydrogens is 364 g/mol. The summed E-state index contributed by atoms with van der Waals surface area (Å²) in [5.74, 6) is 0.840. The molecule has 1 saturated heterocycles. The summed E-state index contributed by atoms with van der Waals surface area (Å²) in [6.07, 6.45) is 1.24. The Morgan fingerprint density at radius 1 is 1.17 bits per heavy atom. The van der Waals surface area contributed by atoms with Gasteiger partial charge in [-0.1, -0.05) is 30.3 Å². The molecule has 2 aromatic carbocycles. The summed E-state index contributed by atoms with van der Waals surface area (Å²) >= 11 is 0. The molecule has 4 rings (SSSR count). The summed E-state index contributed by atoms with van der Waals surface area (Å²) in [6, 6.07) is 17.9. The summed E-state index contributed by atoms with van der Waals surface area (Å²) in [5.41, 5.74) is 3.50. The quantitative estimate of drug-likeness (QED) is 0.456. The number of ether oxygens (including phenoxy) is 1. The summed E-state index contributed by atoms with van der Waals surface area (Å²) in [7, 11) is 0. The highest BCUT2D eigenvalue weighted by Gasteiger charge is 2.48. The predicted octanol–water partition coefficient (Wildman–Crippen LogP) is 3.81. The number of hydrogen-bond acceptors (Lipinski definition) is 4. The van der Waals surface area contributed by atoms with Crippen LogP contribution in [-0.2, 0) is 21.6 Å². The molecule has 5 heteroatoms. The van der Waals surface area contributed by atoms with Gasteiger partial charge >= 0.3 is 0 Å². The number of carbonyl (C=O) groups is 2. The number of aryl methyl sites for hydroxylation is 1. The van der Waals surface area contributed by atoms with Crippen LogP contribution in [0.15, 0.2) is 54.6 Å². The van der Waals surface area contributed by atoms with E-state index < -0.39 is 5.41 Å². The van der Waals surface area contributed by atoms with Gasteiger partial charge in [0.05, 0.1) is 10.9 Å². The van der Waals surface area contributed by atoms with E-state index in [-0.39, 0.29) is 5.91 Å². The lowest BCUT2D eigenvalue weighted by Gasteiger charge is -2.47. The molecule has 0 saturated carbocycles. The van der Waals surface area contributed by atoms with Gasteiger partial charge in [0.25, 0.3) is 0 Å². The maximum absolute atomic E-state index is 12.5. The van der Waals surface area contributed by atoms with Crippen LogP contribution in [0.2, 0.25) is 0 Å². The first kappa shape index (κ1) is 19.1. The van der Waals surface area contributed by atoms with Crippen LogP contribution in [0.5, 0.6) is 5.75 Å². The molecule has 148 valence electrons. The number of amides is 1. The Morgan fingerprint density at radius 2 is 1.93 bits per heavy atom. The predicted molar refractivity (Wildman–Crippen MR) is 112 cm³/mol. The van der Waals surface area contributed by atoms with E-state index in [1.165, 1.54) is 0 Å². The molecule has 1 aromatic heterocycles. The molecule has 1 aliphatic rings.